The second-order valence-corrected chi connectivity index (χ2v) is 8.76. The minimum atomic E-state index is -2.81. The highest BCUT2D eigenvalue weighted by atomic mass is 19.3. The zero-order valence-electron chi connectivity index (χ0n) is 21.6. The Bertz CT molecular complexity index is 1430. The van der Waals surface area contributed by atoms with Gasteiger partial charge in [0, 0.05) is 18.4 Å². The smallest absolute Gasteiger partial charge is 0.280 e. The number of rotatable bonds is 11. The molecular weight excluding hydrogens is 515 g/mol. The van der Waals surface area contributed by atoms with Crippen molar-refractivity contribution in [3.05, 3.63) is 65.0 Å². The Kier molecular flexibility index (Phi) is 8.72. The molecule has 3 heterocycles. The Morgan fingerprint density at radius 3 is 2.49 bits per heavy atom. The van der Waals surface area contributed by atoms with Crippen molar-refractivity contribution in [1.82, 2.24) is 29.9 Å². The molecule has 39 heavy (non-hydrogen) atoms. The molecule has 1 atom stereocenters. The molecule has 0 fully saturated rings. The minimum absolute atomic E-state index is 0.0173. The third-order valence-corrected chi connectivity index (χ3v) is 5.84. The molecule has 0 aliphatic rings. The molecule has 13 heteroatoms. The van der Waals surface area contributed by atoms with E-state index in [1.807, 2.05) is 6.92 Å². The molecule has 4 rings (SSSR count). The van der Waals surface area contributed by atoms with E-state index in [0.717, 1.165) is 5.69 Å². The molecule has 0 aliphatic heterocycles. The Morgan fingerprint density at radius 2 is 1.82 bits per heavy atom. The monoisotopic (exact) mass is 543 g/mol. The summed E-state index contributed by atoms with van der Waals surface area (Å²) in [5.74, 6) is -0.567. The van der Waals surface area contributed by atoms with Gasteiger partial charge in [0.15, 0.2) is 0 Å². The van der Waals surface area contributed by atoms with Gasteiger partial charge in [0.05, 0.1) is 36.2 Å². The number of nitrogens with two attached hydrogens (primary N) is 1. The molecular formula is C26H28F3N7O3. The zero-order chi connectivity index (χ0) is 28.1. The predicted octanol–water partition coefficient (Wildman–Crippen LogP) is 3.91. The third kappa shape index (κ3) is 6.49. The van der Waals surface area contributed by atoms with E-state index < -0.39 is 24.0 Å². The average molecular weight is 544 g/mol. The summed E-state index contributed by atoms with van der Waals surface area (Å²) in [6, 6.07) is 8.34. The predicted molar refractivity (Wildman–Crippen MR) is 136 cm³/mol. The van der Waals surface area contributed by atoms with Gasteiger partial charge in [0.2, 0.25) is 11.8 Å². The Labute approximate surface area is 222 Å². The van der Waals surface area contributed by atoms with Crippen molar-refractivity contribution >= 4 is 5.95 Å². The molecule has 3 aromatic heterocycles. The van der Waals surface area contributed by atoms with E-state index in [1.54, 1.807) is 17.7 Å². The number of aromatic nitrogens is 6. The highest BCUT2D eigenvalue weighted by Gasteiger charge is 2.23. The van der Waals surface area contributed by atoms with E-state index in [9.17, 15) is 18.3 Å². The maximum Gasteiger partial charge on any atom is 0.280 e. The lowest BCUT2D eigenvalue weighted by molar-refractivity contribution is 0.0505. The summed E-state index contributed by atoms with van der Waals surface area (Å²) in [6.07, 6.45) is -3.04. The Balaban J connectivity index is 1.79. The molecule has 0 spiro atoms. The number of pyridine rings is 1. The first kappa shape index (κ1) is 27.9. The fourth-order valence-corrected chi connectivity index (χ4v) is 4.18. The second kappa shape index (κ2) is 12.2. The largest absolute Gasteiger partial charge is 0.470 e. The molecule has 1 unspecified atom stereocenters. The summed E-state index contributed by atoms with van der Waals surface area (Å²) in [7, 11) is 1.49. The van der Waals surface area contributed by atoms with Crippen LogP contribution in [-0.2, 0) is 24.3 Å². The van der Waals surface area contributed by atoms with Crippen molar-refractivity contribution in [3.8, 4) is 28.3 Å². The molecule has 3 N–H and O–H groups in total. The number of anilines is 1. The van der Waals surface area contributed by atoms with Crippen LogP contribution in [0.2, 0.25) is 0 Å². The van der Waals surface area contributed by atoms with Gasteiger partial charge in [-0.05, 0) is 55.3 Å². The SMILES string of the molecule is CCc1c(COc2nc(N)nc(-c3ccc(F)cc3)c2-c2cc(C)nc(C(F)F)c2)nnn1CC(O)COC. The van der Waals surface area contributed by atoms with Crippen LogP contribution in [0.15, 0.2) is 36.4 Å². The van der Waals surface area contributed by atoms with Gasteiger partial charge in [-0.2, -0.15) is 4.98 Å². The Hall–Kier alpha value is -4.10. The number of nitrogen functional groups attached to an aromatic ring is 1. The molecule has 10 nitrogen and oxygen atoms in total. The maximum atomic E-state index is 13.7. The number of aryl methyl sites for hydroxylation is 1. The number of alkyl halides is 2. The van der Waals surface area contributed by atoms with E-state index in [0.29, 0.717) is 28.9 Å². The lowest BCUT2D eigenvalue weighted by Gasteiger charge is -2.16. The lowest BCUT2D eigenvalue weighted by atomic mass is 9.99. The van der Waals surface area contributed by atoms with E-state index in [4.69, 9.17) is 15.2 Å². The minimum Gasteiger partial charge on any atom is -0.470 e. The summed E-state index contributed by atoms with van der Waals surface area (Å²) < 4.78 is 53.6. The highest BCUT2D eigenvalue weighted by Crippen LogP contribution is 2.39. The van der Waals surface area contributed by atoms with Crippen LogP contribution in [0.4, 0.5) is 19.1 Å². The van der Waals surface area contributed by atoms with Crippen LogP contribution < -0.4 is 10.5 Å². The molecule has 0 amide bonds. The van der Waals surface area contributed by atoms with Crippen molar-refractivity contribution in [2.75, 3.05) is 19.5 Å². The maximum absolute atomic E-state index is 13.7. The molecule has 0 aliphatic carbocycles. The first-order valence-corrected chi connectivity index (χ1v) is 12.1. The van der Waals surface area contributed by atoms with Crippen LogP contribution in [0, 0.1) is 12.7 Å². The zero-order valence-corrected chi connectivity index (χ0v) is 21.6. The molecule has 0 bridgehead atoms. The van der Waals surface area contributed by atoms with Gasteiger partial charge < -0.3 is 20.3 Å². The van der Waals surface area contributed by atoms with Gasteiger partial charge in [-0.15, -0.1) is 5.10 Å². The van der Waals surface area contributed by atoms with Crippen LogP contribution in [0.25, 0.3) is 22.4 Å². The summed E-state index contributed by atoms with van der Waals surface area (Å²) in [4.78, 5) is 12.5. The quantitative estimate of drug-likeness (QED) is 0.289. The van der Waals surface area contributed by atoms with Gasteiger partial charge in [0.25, 0.3) is 6.43 Å². The topological polar surface area (TPSA) is 134 Å². The summed E-state index contributed by atoms with van der Waals surface area (Å²) >= 11 is 0. The van der Waals surface area contributed by atoms with Gasteiger partial charge in [-0.25, -0.2) is 22.8 Å². The molecule has 206 valence electrons. The third-order valence-electron chi connectivity index (χ3n) is 5.84. The number of hydrogen-bond donors (Lipinski definition) is 2. The number of aliphatic hydroxyl groups is 1. The average Bonchev–Trinajstić information content (AvgIpc) is 3.28. The van der Waals surface area contributed by atoms with Crippen LogP contribution in [0.3, 0.4) is 0 Å². The fraction of sp³-hybridized carbons (Fsp3) is 0.346. The number of benzene rings is 1. The molecule has 0 radical (unpaired) electrons. The second-order valence-electron chi connectivity index (χ2n) is 8.76. The molecule has 4 aromatic rings. The summed E-state index contributed by atoms with van der Waals surface area (Å²) in [6.45, 7) is 3.73. The van der Waals surface area contributed by atoms with E-state index in [2.05, 4.69) is 25.3 Å². The molecule has 0 saturated carbocycles. The number of methoxy groups -OCH3 is 1. The summed E-state index contributed by atoms with van der Waals surface area (Å²) in [5, 5.41) is 18.4. The standard InChI is InChI=1S/C26H28F3N7O3/c1-4-21-20(34-35-36(21)11-18(37)12-38-3)13-39-25-22(16-9-14(2)31-19(10-16)24(28)29)23(32-26(30)33-25)15-5-7-17(27)8-6-15/h5-10,18,24,37H,4,11-13H2,1-3H3,(H2,30,32,33). The van der Waals surface area contributed by atoms with E-state index in [1.165, 1.54) is 37.4 Å². The summed E-state index contributed by atoms with van der Waals surface area (Å²) in [5.41, 5.74) is 8.51. The fourth-order valence-electron chi connectivity index (χ4n) is 4.18. The van der Waals surface area contributed by atoms with Gasteiger partial charge in [-0.1, -0.05) is 12.1 Å². The van der Waals surface area contributed by atoms with Crippen LogP contribution >= 0.6 is 0 Å². The van der Waals surface area contributed by atoms with E-state index >= 15 is 0 Å². The highest BCUT2D eigenvalue weighted by molar-refractivity contribution is 5.85. The van der Waals surface area contributed by atoms with Gasteiger partial charge in [-0.3, -0.25) is 4.98 Å². The first-order valence-electron chi connectivity index (χ1n) is 12.1. The number of ether oxygens (including phenoxy) is 2. The number of halogens is 3. The van der Waals surface area contributed by atoms with Crippen molar-refractivity contribution in [3.63, 3.8) is 0 Å². The number of hydrogen-bond acceptors (Lipinski definition) is 9. The normalized spacial score (nSPS) is 12.2. The van der Waals surface area contributed by atoms with Gasteiger partial charge >= 0.3 is 0 Å². The van der Waals surface area contributed by atoms with Crippen molar-refractivity contribution < 1.29 is 27.8 Å². The van der Waals surface area contributed by atoms with Crippen LogP contribution in [0.1, 0.15) is 36.1 Å². The van der Waals surface area contributed by atoms with Crippen molar-refractivity contribution in [2.24, 2.45) is 0 Å². The van der Waals surface area contributed by atoms with Crippen molar-refractivity contribution in [1.29, 1.82) is 0 Å². The number of nitrogens with zero attached hydrogens (tertiary/aromatic N) is 6. The molecule has 1 aromatic carbocycles. The van der Waals surface area contributed by atoms with E-state index in [-0.39, 0.29) is 42.8 Å². The van der Waals surface area contributed by atoms with Gasteiger partial charge in [0.1, 0.15) is 23.8 Å². The van der Waals surface area contributed by atoms with Crippen LogP contribution in [0.5, 0.6) is 5.88 Å². The lowest BCUT2D eigenvalue weighted by Crippen LogP contribution is -2.23. The molecule has 0 saturated heterocycles. The van der Waals surface area contributed by atoms with Crippen LogP contribution in [-0.4, -0.2) is 54.9 Å². The Morgan fingerprint density at radius 1 is 1.08 bits per heavy atom. The van der Waals surface area contributed by atoms with Crippen molar-refractivity contribution in [2.45, 2.75) is 45.9 Å². The first-order chi connectivity index (χ1) is 18.7. The number of aliphatic hydroxyl groups excluding tert-OH is 1.